The van der Waals surface area contributed by atoms with E-state index in [2.05, 4.69) is 0 Å². The summed E-state index contributed by atoms with van der Waals surface area (Å²) in [5.41, 5.74) is 0.703. The van der Waals surface area contributed by atoms with Crippen LogP contribution >= 0.6 is 0 Å². The highest BCUT2D eigenvalue weighted by Crippen LogP contribution is 2.28. The molecule has 9 nitrogen and oxygen atoms in total. The van der Waals surface area contributed by atoms with Crippen molar-refractivity contribution in [3.05, 3.63) is 108 Å². The normalized spacial score (nSPS) is 21.8. The maximum Gasteiger partial charge on any atom is 0.338 e. The van der Waals surface area contributed by atoms with Gasteiger partial charge in [-0.15, -0.1) is 0 Å². The van der Waals surface area contributed by atoms with E-state index in [1.807, 2.05) is 0 Å². The minimum atomic E-state index is -1.71. The van der Waals surface area contributed by atoms with Crippen LogP contribution in [0.1, 0.15) is 31.1 Å². The molecule has 0 aromatic heterocycles. The predicted octanol–water partition coefficient (Wildman–Crippen LogP) is 2.37. The van der Waals surface area contributed by atoms with E-state index in [0.29, 0.717) is 0 Å². The van der Waals surface area contributed by atoms with Gasteiger partial charge >= 0.3 is 17.9 Å². The molecule has 2 N–H and O–H groups in total. The van der Waals surface area contributed by atoms with E-state index < -0.39 is 55.2 Å². The molecule has 1 heterocycles. The van der Waals surface area contributed by atoms with Crippen LogP contribution in [0, 0.1) is 0 Å². The molecule has 5 atom stereocenters. The zero-order valence-corrected chi connectivity index (χ0v) is 19.0. The number of ether oxygens (including phenoxy) is 4. The minimum absolute atomic E-state index is 0.212. The zero-order valence-electron chi connectivity index (χ0n) is 19.0. The molecule has 9 heteroatoms. The SMILES string of the molecule is O=C(OC[C@@H](OC(=O)c1ccccc1)[C@@H]1O[C@@H](O)[C@H](OC(=O)c2ccccc2)[C@H]1O)c1ccccc1. The van der Waals surface area contributed by atoms with Gasteiger partial charge in [0, 0.05) is 0 Å². The first-order chi connectivity index (χ1) is 17.4. The van der Waals surface area contributed by atoms with Crippen LogP contribution in [0.5, 0.6) is 0 Å². The van der Waals surface area contributed by atoms with E-state index in [9.17, 15) is 24.6 Å². The molecule has 0 spiro atoms. The second kappa shape index (κ2) is 11.6. The Hall–Kier alpha value is -4.05. The lowest BCUT2D eigenvalue weighted by Crippen LogP contribution is -2.45. The molecule has 0 amide bonds. The van der Waals surface area contributed by atoms with E-state index in [1.165, 1.54) is 24.3 Å². The topological polar surface area (TPSA) is 129 Å². The Morgan fingerprint density at radius 2 is 1.19 bits per heavy atom. The average Bonchev–Trinajstić information content (AvgIpc) is 3.20. The molecular formula is C27H24O9. The minimum Gasteiger partial charge on any atom is -0.458 e. The van der Waals surface area contributed by atoms with Crippen molar-refractivity contribution in [2.45, 2.75) is 30.7 Å². The lowest BCUT2D eigenvalue weighted by molar-refractivity contribution is -0.153. The Bertz CT molecular complexity index is 1170. The van der Waals surface area contributed by atoms with Crippen molar-refractivity contribution in [2.24, 2.45) is 0 Å². The third-order valence-electron chi connectivity index (χ3n) is 5.53. The van der Waals surface area contributed by atoms with Crippen molar-refractivity contribution in [3.63, 3.8) is 0 Å². The summed E-state index contributed by atoms with van der Waals surface area (Å²) in [6, 6.07) is 24.3. The lowest BCUT2D eigenvalue weighted by atomic mass is 10.1. The number of hydrogen-bond acceptors (Lipinski definition) is 9. The van der Waals surface area contributed by atoms with Crippen molar-refractivity contribution in [1.29, 1.82) is 0 Å². The first kappa shape index (κ1) is 25.1. The third-order valence-corrected chi connectivity index (χ3v) is 5.53. The van der Waals surface area contributed by atoms with Gasteiger partial charge in [-0.2, -0.15) is 0 Å². The van der Waals surface area contributed by atoms with Crippen molar-refractivity contribution in [1.82, 2.24) is 0 Å². The van der Waals surface area contributed by atoms with E-state index in [-0.39, 0.29) is 16.7 Å². The molecule has 0 unspecified atom stereocenters. The predicted molar refractivity (Wildman–Crippen MR) is 125 cm³/mol. The monoisotopic (exact) mass is 492 g/mol. The average molecular weight is 492 g/mol. The molecule has 0 radical (unpaired) electrons. The van der Waals surface area contributed by atoms with Gasteiger partial charge in [-0.25, -0.2) is 14.4 Å². The molecule has 1 saturated heterocycles. The van der Waals surface area contributed by atoms with Crippen LogP contribution in [0.3, 0.4) is 0 Å². The van der Waals surface area contributed by atoms with Crippen molar-refractivity contribution >= 4 is 17.9 Å². The van der Waals surface area contributed by atoms with E-state index in [4.69, 9.17) is 18.9 Å². The summed E-state index contributed by atoms with van der Waals surface area (Å²) in [6.45, 7) is -0.486. The Kier molecular flexibility index (Phi) is 8.06. The van der Waals surface area contributed by atoms with Gasteiger partial charge in [0.2, 0.25) is 0 Å². The largest absolute Gasteiger partial charge is 0.458 e. The van der Waals surface area contributed by atoms with Crippen molar-refractivity contribution in [3.8, 4) is 0 Å². The number of esters is 3. The molecule has 0 aliphatic carbocycles. The van der Waals surface area contributed by atoms with Crippen LogP contribution in [0.15, 0.2) is 91.0 Å². The fourth-order valence-electron chi connectivity index (χ4n) is 3.67. The van der Waals surface area contributed by atoms with Crippen LogP contribution < -0.4 is 0 Å². The maximum atomic E-state index is 12.7. The summed E-state index contributed by atoms with van der Waals surface area (Å²) in [7, 11) is 0. The van der Waals surface area contributed by atoms with Crippen molar-refractivity contribution < 1.29 is 43.5 Å². The van der Waals surface area contributed by atoms with Gasteiger partial charge in [0.1, 0.15) is 18.8 Å². The van der Waals surface area contributed by atoms with Gasteiger partial charge in [0.25, 0.3) is 0 Å². The quantitative estimate of drug-likeness (QED) is 0.360. The summed E-state index contributed by atoms with van der Waals surface area (Å²) in [4.78, 5) is 37.6. The number of carbonyl (C=O) groups is 3. The van der Waals surface area contributed by atoms with Crippen LogP contribution in [0.25, 0.3) is 0 Å². The third kappa shape index (κ3) is 5.95. The van der Waals surface area contributed by atoms with Crippen LogP contribution in [0.4, 0.5) is 0 Å². The number of hydrogen-bond donors (Lipinski definition) is 2. The lowest BCUT2D eigenvalue weighted by Gasteiger charge is -2.25. The van der Waals surface area contributed by atoms with Gasteiger partial charge < -0.3 is 29.2 Å². The summed E-state index contributed by atoms with van der Waals surface area (Å²) in [5.74, 6) is -2.22. The summed E-state index contributed by atoms with van der Waals surface area (Å²) >= 11 is 0. The number of aliphatic hydroxyl groups excluding tert-OH is 2. The first-order valence-corrected chi connectivity index (χ1v) is 11.2. The highest BCUT2D eigenvalue weighted by atomic mass is 16.7. The van der Waals surface area contributed by atoms with Crippen LogP contribution in [0.2, 0.25) is 0 Å². The van der Waals surface area contributed by atoms with Gasteiger partial charge in [-0.3, -0.25) is 0 Å². The zero-order chi connectivity index (χ0) is 25.5. The van der Waals surface area contributed by atoms with Crippen LogP contribution in [-0.2, 0) is 18.9 Å². The second-order valence-corrected chi connectivity index (χ2v) is 7.99. The van der Waals surface area contributed by atoms with E-state index in [1.54, 1.807) is 66.7 Å². The van der Waals surface area contributed by atoms with E-state index >= 15 is 0 Å². The first-order valence-electron chi connectivity index (χ1n) is 11.2. The summed E-state index contributed by atoms with van der Waals surface area (Å²) < 4.78 is 21.5. The van der Waals surface area contributed by atoms with E-state index in [0.717, 1.165) is 0 Å². The Balaban J connectivity index is 1.49. The van der Waals surface area contributed by atoms with Gasteiger partial charge in [-0.05, 0) is 36.4 Å². The standard InChI is InChI=1S/C27H24O9/c28-21-22(35-27(32)23(21)36-26(31)19-14-8-3-9-15-19)20(34-25(30)18-12-6-2-7-13-18)16-33-24(29)17-10-4-1-5-11-17/h1-15,20-23,27-28,32H,16H2/t20-,21+,22+,23-,27-/m1/s1. The number of aliphatic hydroxyl groups is 2. The fourth-order valence-corrected chi connectivity index (χ4v) is 3.67. The molecule has 0 saturated carbocycles. The smallest absolute Gasteiger partial charge is 0.338 e. The summed E-state index contributed by atoms with van der Waals surface area (Å²) in [6.07, 6.45) is -7.44. The Labute approximate surface area is 206 Å². The highest BCUT2D eigenvalue weighted by molar-refractivity contribution is 5.90. The molecule has 1 fully saturated rings. The highest BCUT2D eigenvalue weighted by Gasteiger charge is 2.50. The number of rotatable bonds is 8. The molecule has 1 aliphatic rings. The molecule has 186 valence electrons. The molecule has 0 bridgehead atoms. The van der Waals surface area contributed by atoms with Gasteiger partial charge in [0.05, 0.1) is 16.7 Å². The van der Waals surface area contributed by atoms with Crippen molar-refractivity contribution in [2.75, 3.05) is 6.61 Å². The van der Waals surface area contributed by atoms with Gasteiger partial charge in [0.15, 0.2) is 18.5 Å². The summed E-state index contributed by atoms with van der Waals surface area (Å²) in [5, 5.41) is 21.2. The number of benzene rings is 3. The molecule has 4 rings (SSSR count). The fraction of sp³-hybridized carbons (Fsp3) is 0.222. The Morgan fingerprint density at radius 1 is 0.722 bits per heavy atom. The van der Waals surface area contributed by atoms with Crippen LogP contribution in [-0.4, -0.2) is 65.4 Å². The van der Waals surface area contributed by atoms with Gasteiger partial charge in [-0.1, -0.05) is 54.6 Å². The Morgan fingerprint density at radius 3 is 1.72 bits per heavy atom. The second-order valence-electron chi connectivity index (χ2n) is 7.99. The number of carbonyl (C=O) groups excluding carboxylic acids is 3. The molecule has 36 heavy (non-hydrogen) atoms. The molecule has 3 aromatic rings. The molecule has 3 aromatic carbocycles. The molecule has 1 aliphatic heterocycles. The molecular weight excluding hydrogens is 468 g/mol. The maximum absolute atomic E-state index is 12.7.